The summed E-state index contributed by atoms with van der Waals surface area (Å²) in [5.41, 5.74) is 0. The van der Waals surface area contributed by atoms with Crippen LogP contribution in [0.2, 0.25) is 0 Å². The molecule has 0 aromatic rings. The summed E-state index contributed by atoms with van der Waals surface area (Å²) in [5.74, 6) is 0.549. The fourth-order valence-corrected chi connectivity index (χ4v) is 2.91. The van der Waals surface area contributed by atoms with Crippen LogP contribution in [0.15, 0.2) is 24.7 Å². The van der Waals surface area contributed by atoms with Gasteiger partial charge in [-0.2, -0.15) is 0 Å². The van der Waals surface area contributed by atoms with Crippen LogP contribution in [-0.2, 0) is 23.7 Å². The van der Waals surface area contributed by atoms with Gasteiger partial charge >= 0.3 is 5.97 Å². The Kier molecular flexibility index (Phi) is 9.57. The van der Waals surface area contributed by atoms with Crippen LogP contribution in [-0.4, -0.2) is 39.0 Å². The summed E-state index contributed by atoms with van der Waals surface area (Å²) in [6.07, 6.45) is 14.1. The van der Waals surface area contributed by atoms with Gasteiger partial charge in [-0.1, -0.05) is 0 Å². The first-order valence-corrected chi connectivity index (χ1v) is 9.14. The van der Waals surface area contributed by atoms with Crippen molar-refractivity contribution in [2.24, 2.45) is 11.8 Å². The Morgan fingerprint density at radius 1 is 0.917 bits per heavy atom. The molecule has 0 aromatic heterocycles. The van der Waals surface area contributed by atoms with E-state index in [4.69, 9.17) is 18.9 Å². The van der Waals surface area contributed by atoms with E-state index >= 15 is 0 Å². The first-order chi connectivity index (χ1) is 11.9. The molecule has 2 atom stereocenters. The van der Waals surface area contributed by atoms with Gasteiger partial charge in [0.1, 0.15) is 0 Å². The number of carbonyl (C=O) groups is 1. The number of cyclic esters (lactones) is 1. The Labute approximate surface area is 145 Å². The van der Waals surface area contributed by atoms with Crippen molar-refractivity contribution >= 4 is 5.97 Å². The summed E-state index contributed by atoms with van der Waals surface area (Å²) < 4.78 is 21.4. The fourth-order valence-electron chi connectivity index (χ4n) is 2.91. The van der Waals surface area contributed by atoms with E-state index < -0.39 is 0 Å². The molecule has 2 aliphatic rings. The van der Waals surface area contributed by atoms with E-state index in [0.717, 1.165) is 65.0 Å². The minimum Gasteiger partial charge on any atom is -0.501 e. The van der Waals surface area contributed by atoms with E-state index in [0.29, 0.717) is 12.5 Å². The summed E-state index contributed by atoms with van der Waals surface area (Å²) in [5, 5.41) is 0. The normalized spacial score (nSPS) is 23.1. The monoisotopic (exact) mass is 338 g/mol. The van der Waals surface area contributed by atoms with Crippen LogP contribution in [0.3, 0.4) is 0 Å². The highest BCUT2D eigenvalue weighted by Crippen LogP contribution is 2.18. The molecule has 0 saturated heterocycles. The quantitative estimate of drug-likeness (QED) is 0.402. The zero-order valence-corrected chi connectivity index (χ0v) is 14.5. The smallest absolute Gasteiger partial charge is 0.314 e. The van der Waals surface area contributed by atoms with Gasteiger partial charge in [0.15, 0.2) is 0 Å². The molecule has 24 heavy (non-hydrogen) atoms. The topological polar surface area (TPSA) is 54.0 Å². The Hall–Kier alpha value is -1.33. The molecule has 0 aromatic carbocycles. The number of allylic oxidation sites excluding steroid dienone is 2. The maximum Gasteiger partial charge on any atom is 0.314 e. The molecular formula is C19H30O5. The van der Waals surface area contributed by atoms with E-state index in [2.05, 4.69) is 6.08 Å². The third kappa shape index (κ3) is 7.97. The van der Waals surface area contributed by atoms with Crippen LogP contribution in [0.1, 0.15) is 44.9 Å². The first kappa shape index (κ1) is 19.0. The number of rotatable bonds is 12. The third-order valence-corrected chi connectivity index (χ3v) is 4.35. The number of hydrogen-bond donors (Lipinski definition) is 0. The van der Waals surface area contributed by atoms with Gasteiger partial charge in [0, 0.05) is 26.4 Å². The maximum atomic E-state index is 11.4. The molecule has 0 amide bonds. The Morgan fingerprint density at radius 2 is 1.62 bits per heavy atom. The summed E-state index contributed by atoms with van der Waals surface area (Å²) in [7, 11) is 0. The lowest BCUT2D eigenvalue weighted by Gasteiger charge is -2.17. The minimum absolute atomic E-state index is 0.00647. The Balaban J connectivity index is 1.31. The zero-order chi connectivity index (χ0) is 16.9. The average molecular weight is 338 g/mol. The Morgan fingerprint density at radius 3 is 2.33 bits per heavy atom. The highest BCUT2D eigenvalue weighted by Gasteiger charge is 2.20. The molecule has 0 radical (unpaired) electrons. The molecule has 2 heterocycles. The molecule has 0 saturated carbocycles. The summed E-state index contributed by atoms with van der Waals surface area (Å²) in [6, 6.07) is 0. The standard InChI is InChI=1S/C19H30O5/c20-19-18(9-4-15-24-19)8-3-11-22-14-5-13-21-10-1-6-17-7-2-12-23-16-17/h2,4,12,15,17-18H,1,3,5-11,13-14,16H2. The van der Waals surface area contributed by atoms with Crippen LogP contribution in [0.25, 0.3) is 0 Å². The molecule has 2 aliphatic heterocycles. The lowest BCUT2D eigenvalue weighted by Crippen LogP contribution is -2.18. The summed E-state index contributed by atoms with van der Waals surface area (Å²) >= 11 is 0. The SMILES string of the molecule is O=C1OC=CCC1CCCOCCCOCCCC1CC=COC1. The van der Waals surface area contributed by atoms with Gasteiger partial charge in [0.2, 0.25) is 0 Å². The van der Waals surface area contributed by atoms with Gasteiger partial charge in [-0.25, -0.2) is 0 Å². The van der Waals surface area contributed by atoms with Gasteiger partial charge in [-0.3, -0.25) is 4.79 Å². The summed E-state index contributed by atoms with van der Waals surface area (Å²) in [6.45, 7) is 3.83. The molecule has 0 N–H and O–H groups in total. The van der Waals surface area contributed by atoms with Crippen molar-refractivity contribution in [3.05, 3.63) is 24.7 Å². The number of hydrogen-bond acceptors (Lipinski definition) is 5. The predicted octanol–water partition coefficient (Wildman–Crippen LogP) is 3.60. The number of esters is 1. The third-order valence-electron chi connectivity index (χ3n) is 4.35. The average Bonchev–Trinajstić information content (AvgIpc) is 2.62. The van der Waals surface area contributed by atoms with Crippen molar-refractivity contribution in [2.45, 2.75) is 44.9 Å². The second kappa shape index (κ2) is 12.1. The van der Waals surface area contributed by atoms with Gasteiger partial charge in [0.25, 0.3) is 0 Å². The van der Waals surface area contributed by atoms with Gasteiger partial charge < -0.3 is 18.9 Å². The summed E-state index contributed by atoms with van der Waals surface area (Å²) in [4.78, 5) is 11.4. The molecule has 0 spiro atoms. The Bertz CT molecular complexity index is 405. The molecule has 136 valence electrons. The molecule has 5 heteroatoms. The lowest BCUT2D eigenvalue weighted by atomic mass is 9.99. The van der Waals surface area contributed by atoms with Gasteiger partial charge in [-0.15, -0.1) is 0 Å². The lowest BCUT2D eigenvalue weighted by molar-refractivity contribution is -0.144. The number of carbonyl (C=O) groups excluding carboxylic acids is 1. The van der Waals surface area contributed by atoms with Crippen molar-refractivity contribution in [3.8, 4) is 0 Å². The maximum absolute atomic E-state index is 11.4. The second-order valence-electron chi connectivity index (χ2n) is 6.41. The molecule has 0 aliphatic carbocycles. The van der Waals surface area contributed by atoms with Crippen molar-refractivity contribution in [3.63, 3.8) is 0 Å². The zero-order valence-electron chi connectivity index (χ0n) is 14.5. The molecule has 0 bridgehead atoms. The van der Waals surface area contributed by atoms with Crippen LogP contribution in [0.5, 0.6) is 0 Å². The minimum atomic E-state index is -0.110. The molecular weight excluding hydrogens is 308 g/mol. The van der Waals surface area contributed by atoms with E-state index in [1.54, 1.807) is 6.26 Å². The van der Waals surface area contributed by atoms with E-state index in [1.165, 1.54) is 12.7 Å². The first-order valence-electron chi connectivity index (χ1n) is 9.14. The van der Waals surface area contributed by atoms with Crippen LogP contribution >= 0.6 is 0 Å². The highest BCUT2D eigenvalue weighted by atomic mass is 16.5. The van der Waals surface area contributed by atoms with Crippen molar-refractivity contribution < 1.29 is 23.7 Å². The van der Waals surface area contributed by atoms with E-state index in [-0.39, 0.29) is 11.9 Å². The molecule has 2 unspecified atom stereocenters. The van der Waals surface area contributed by atoms with Gasteiger partial charge in [-0.05, 0) is 63.0 Å². The molecule has 5 nitrogen and oxygen atoms in total. The van der Waals surface area contributed by atoms with Gasteiger partial charge in [0.05, 0.1) is 25.0 Å². The highest BCUT2D eigenvalue weighted by molar-refractivity contribution is 5.74. The van der Waals surface area contributed by atoms with Crippen LogP contribution < -0.4 is 0 Å². The van der Waals surface area contributed by atoms with E-state index in [9.17, 15) is 4.79 Å². The second-order valence-corrected chi connectivity index (χ2v) is 6.41. The number of ether oxygens (including phenoxy) is 4. The largest absolute Gasteiger partial charge is 0.501 e. The van der Waals surface area contributed by atoms with Crippen molar-refractivity contribution in [1.82, 2.24) is 0 Å². The van der Waals surface area contributed by atoms with Crippen LogP contribution in [0.4, 0.5) is 0 Å². The van der Waals surface area contributed by atoms with E-state index in [1.807, 2.05) is 6.08 Å². The molecule has 2 rings (SSSR count). The molecule has 0 fully saturated rings. The van der Waals surface area contributed by atoms with Crippen molar-refractivity contribution in [1.29, 1.82) is 0 Å². The van der Waals surface area contributed by atoms with Crippen molar-refractivity contribution in [2.75, 3.05) is 33.0 Å². The fraction of sp³-hybridized carbons (Fsp3) is 0.737. The van der Waals surface area contributed by atoms with Crippen LogP contribution in [0, 0.1) is 11.8 Å². The predicted molar refractivity (Wildman–Crippen MR) is 91.3 cm³/mol.